The number of aromatic nitrogens is 2. The van der Waals surface area contributed by atoms with E-state index in [9.17, 15) is 18.4 Å². The normalized spacial score (nSPS) is 19.2. The Hall–Kier alpha value is -4.28. The van der Waals surface area contributed by atoms with Crippen molar-refractivity contribution in [3.8, 4) is 11.3 Å². The van der Waals surface area contributed by atoms with E-state index in [2.05, 4.69) is 20.6 Å². The zero-order valence-electron chi connectivity index (χ0n) is 17.8. The van der Waals surface area contributed by atoms with Crippen LogP contribution in [0.15, 0.2) is 48.8 Å². The molecule has 2 aliphatic heterocycles. The number of fused-ring (bicyclic) bond motifs is 1. The van der Waals surface area contributed by atoms with E-state index in [-0.39, 0.29) is 34.8 Å². The number of nitrogens with zero attached hydrogens (tertiary/aromatic N) is 3. The highest BCUT2D eigenvalue weighted by Crippen LogP contribution is 2.31. The molecule has 9 nitrogen and oxygen atoms in total. The number of nitrogen functional groups attached to an aromatic ring is 1. The summed E-state index contributed by atoms with van der Waals surface area (Å²) in [5.41, 5.74) is 6.53. The Labute approximate surface area is 192 Å². The average Bonchev–Trinajstić information content (AvgIpc) is 3.19. The maximum atomic E-state index is 14.2. The van der Waals surface area contributed by atoms with Crippen molar-refractivity contribution in [2.45, 2.75) is 18.6 Å². The third kappa shape index (κ3) is 3.96. The van der Waals surface area contributed by atoms with Crippen molar-refractivity contribution in [1.29, 1.82) is 0 Å². The number of piperidine rings is 1. The molecular weight excluding hydrogens is 446 g/mol. The molecule has 11 heteroatoms. The molecule has 174 valence electrons. The van der Waals surface area contributed by atoms with Gasteiger partial charge in [-0.05, 0) is 30.3 Å². The van der Waals surface area contributed by atoms with E-state index in [1.54, 1.807) is 12.3 Å². The first kappa shape index (κ1) is 21.6. The number of alkyl carbamates (subject to hydrolysis) is 1. The topological polar surface area (TPSA) is 122 Å². The molecule has 2 aliphatic rings. The Balaban J connectivity index is 1.41. The second-order valence-electron chi connectivity index (χ2n) is 8.01. The number of ether oxygens (including phenoxy) is 1. The minimum absolute atomic E-state index is 0.0510. The molecule has 3 aromatic rings. The van der Waals surface area contributed by atoms with Crippen molar-refractivity contribution in [2.24, 2.45) is 0 Å². The van der Waals surface area contributed by atoms with Gasteiger partial charge < -0.3 is 26.0 Å². The van der Waals surface area contributed by atoms with Crippen molar-refractivity contribution in [1.82, 2.24) is 15.3 Å². The van der Waals surface area contributed by atoms with Gasteiger partial charge in [-0.1, -0.05) is 6.07 Å². The van der Waals surface area contributed by atoms with E-state index in [0.29, 0.717) is 30.9 Å². The van der Waals surface area contributed by atoms with Gasteiger partial charge in [-0.2, -0.15) is 0 Å². The van der Waals surface area contributed by atoms with Gasteiger partial charge in [0.2, 0.25) is 0 Å². The molecule has 0 spiro atoms. The van der Waals surface area contributed by atoms with Crippen LogP contribution in [0.5, 0.6) is 0 Å². The quantitative estimate of drug-likeness (QED) is 0.540. The molecule has 4 heterocycles. The lowest BCUT2D eigenvalue weighted by Crippen LogP contribution is -2.49. The summed E-state index contributed by atoms with van der Waals surface area (Å²) in [5, 5.41) is 5.54. The van der Waals surface area contributed by atoms with Crippen LogP contribution in [-0.2, 0) is 4.74 Å². The van der Waals surface area contributed by atoms with Crippen LogP contribution in [0.4, 0.5) is 30.6 Å². The molecule has 2 aromatic heterocycles. The lowest BCUT2D eigenvalue weighted by molar-refractivity contribution is 0.102. The Bertz CT molecular complexity index is 1270. The highest BCUT2D eigenvalue weighted by Gasteiger charge is 2.39. The monoisotopic (exact) mass is 466 g/mol. The van der Waals surface area contributed by atoms with Crippen molar-refractivity contribution in [3.05, 3.63) is 66.1 Å². The molecule has 2 saturated heterocycles. The SMILES string of the molecule is Nc1ccc(-c2c(F)cccc2F)nc1C(=O)Nc1cnccc1N1CC[C@@H]2OC(=O)N[C@@H]2C1. The number of carbonyl (C=O) groups excluding carboxylic acids is 2. The molecule has 2 amide bonds. The zero-order chi connectivity index (χ0) is 23.8. The molecule has 0 bridgehead atoms. The van der Waals surface area contributed by atoms with Gasteiger partial charge in [0.25, 0.3) is 5.91 Å². The third-order valence-electron chi connectivity index (χ3n) is 5.86. The average molecular weight is 466 g/mol. The summed E-state index contributed by atoms with van der Waals surface area (Å²) in [5.74, 6) is -2.26. The van der Waals surface area contributed by atoms with Crippen molar-refractivity contribution in [3.63, 3.8) is 0 Å². The number of amides is 2. The smallest absolute Gasteiger partial charge is 0.407 e. The minimum atomic E-state index is -0.801. The van der Waals surface area contributed by atoms with Crippen molar-refractivity contribution < 1.29 is 23.1 Å². The number of anilines is 3. The number of hydrogen-bond acceptors (Lipinski definition) is 7. The first-order chi connectivity index (χ1) is 16.4. The largest absolute Gasteiger partial charge is 0.444 e. The number of benzene rings is 1. The maximum Gasteiger partial charge on any atom is 0.407 e. The molecule has 0 radical (unpaired) electrons. The predicted molar refractivity (Wildman–Crippen MR) is 120 cm³/mol. The maximum absolute atomic E-state index is 14.2. The first-order valence-corrected chi connectivity index (χ1v) is 10.6. The molecule has 4 N–H and O–H groups in total. The fourth-order valence-electron chi connectivity index (χ4n) is 4.23. The zero-order valence-corrected chi connectivity index (χ0v) is 17.8. The van der Waals surface area contributed by atoms with Crippen molar-refractivity contribution >= 4 is 29.1 Å². The van der Waals surface area contributed by atoms with E-state index in [4.69, 9.17) is 10.5 Å². The first-order valence-electron chi connectivity index (χ1n) is 10.6. The Morgan fingerprint density at radius 1 is 1.21 bits per heavy atom. The minimum Gasteiger partial charge on any atom is -0.444 e. The van der Waals surface area contributed by atoms with Crippen LogP contribution in [0.1, 0.15) is 16.9 Å². The van der Waals surface area contributed by atoms with Gasteiger partial charge in [0, 0.05) is 25.7 Å². The molecule has 2 fully saturated rings. The second kappa shape index (κ2) is 8.58. The predicted octanol–water partition coefficient (Wildman–Crippen LogP) is 2.94. The lowest BCUT2D eigenvalue weighted by atomic mass is 10.0. The van der Waals surface area contributed by atoms with Crippen LogP contribution in [0.25, 0.3) is 11.3 Å². The van der Waals surface area contributed by atoms with Crippen LogP contribution in [0, 0.1) is 11.6 Å². The van der Waals surface area contributed by atoms with Gasteiger partial charge in [-0.3, -0.25) is 9.78 Å². The van der Waals surface area contributed by atoms with E-state index in [1.165, 1.54) is 24.4 Å². The number of hydrogen-bond donors (Lipinski definition) is 3. The summed E-state index contributed by atoms with van der Waals surface area (Å²) in [7, 11) is 0. The summed E-state index contributed by atoms with van der Waals surface area (Å²) in [6.45, 7) is 1.09. The van der Waals surface area contributed by atoms with Crippen LogP contribution in [0.2, 0.25) is 0 Å². The molecule has 5 rings (SSSR count). The van der Waals surface area contributed by atoms with E-state index in [0.717, 1.165) is 12.1 Å². The number of halogens is 2. The molecular formula is C23H20F2N6O3. The number of pyridine rings is 2. The van der Waals surface area contributed by atoms with Crippen LogP contribution in [0.3, 0.4) is 0 Å². The molecule has 34 heavy (non-hydrogen) atoms. The number of carbonyl (C=O) groups is 2. The molecule has 2 atom stereocenters. The fourth-order valence-corrected chi connectivity index (χ4v) is 4.23. The van der Waals surface area contributed by atoms with Gasteiger partial charge in [0.1, 0.15) is 17.7 Å². The van der Waals surface area contributed by atoms with Gasteiger partial charge in [0.15, 0.2) is 5.69 Å². The van der Waals surface area contributed by atoms with Gasteiger partial charge in [0.05, 0.1) is 40.6 Å². The van der Waals surface area contributed by atoms with E-state index >= 15 is 0 Å². The second-order valence-corrected chi connectivity index (χ2v) is 8.01. The standard InChI is InChI=1S/C23H20F2N6O3/c24-12-2-1-3-13(25)20(12)15-5-4-14(26)21(28-15)22(32)29-16-10-27-8-6-18(16)31-9-7-19-17(11-31)30-23(33)34-19/h1-6,8,10,17,19H,7,9,11,26H2,(H,29,32)(H,30,33)/t17-,19+/m1/s1. The highest BCUT2D eigenvalue weighted by atomic mass is 19.1. The number of nitrogens with one attached hydrogen (secondary N) is 2. The van der Waals surface area contributed by atoms with Crippen LogP contribution in [-0.4, -0.2) is 47.2 Å². The Kier molecular flexibility index (Phi) is 5.44. The van der Waals surface area contributed by atoms with E-state index in [1.807, 2.05) is 4.90 Å². The molecule has 0 unspecified atom stereocenters. The summed E-state index contributed by atoms with van der Waals surface area (Å²) in [6, 6.07) is 7.77. The molecule has 1 aromatic carbocycles. The number of rotatable bonds is 4. The summed E-state index contributed by atoms with van der Waals surface area (Å²) >= 11 is 0. The van der Waals surface area contributed by atoms with Gasteiger partial charge in [-0.15, -0.1) is 0 Å². The Morgan fingerprint density at radius 2 is 2.00 bits per heavy atom. The van der Waals surface area contributed by atoms with Gasteiger partial charge in [-0.25, -0.2) is 18.6 Å². The Morgan fingerprint density at radius 3 is 2.79 bits per heavy atom. The van der Waals surface area contributed by atoms with Crippen LogP contribution >= 0.6 is 0 Å². The molecule has 0 saturated carbocycles. The summed E-state index contributed by atoms with van der Waals surface area (Å²) in [4.78, 5) is 34.9. The van der Waals surface area contributed by atoms with Crippen molar-refractivity contribution in [2.75, 3.05) is 29.0 Å². The summed E-state index contributed by atoms with van der Waals surface area (Å²) < 4.78 is 33.7. The summed E-state index contributed by atoms with van der Waals surface area (Å²) in [6.07, 6.45) is 3.08. The van der Waals surface area contributed by atoms with E-state index < -0.39 is 23.6 Å². The highest BCUT2D eigenvalue weighted by molar-refractivity contribution is 6.08. The fraction of sp³-hybridized carbons (Fsp3) is 0.217. The number of nitrogens with two attached hydrogens (primary N) is 1. The lowest BCUT2D eigenvalue weighted by Gasteiger charge is -2.35. The van der Waals surface area contributed by atoms with Gasteiger partial charge >= 0.3 is 6.09 Å². The van der Waals surface area contributed by atoms with Crippen LogP contribution < -0.4 is 21.3 Å². The third-order valence-corrected chi connectivity index (χ3v) is 5.86. The molecule has 0 aliphatic carbocycles.